The van der Waals surface area contributed by atoms with Gasteiger partial charge in [-0.25, -0.2) is 4.79 Å². The van der Waals surface area contributed by atoms with E-state index in [1.54, 1.807) is 52.0 Å². The van der Waals surface area contributed by atoms with Crippen molar-refractivity contribution in [2.45, 2.75) is 66.0 Å². The van der Waals surface area contributed by atoms with Gasteiger partial charge in [-0.15, -0.1) is 11.6 Å². The lowest BCUT2D eigenvalue weighted by molar-refractivity contribution is -0.169. The Labute approximate surface area is 248 Å². The zero-order valence-corrected chi connectivity index (χ0v) is 25.7. The van der Waals surface area contributed by atoms with E-state index < -0.39 is 45.1 Å². The first-order valence-electron chi connectivity index (χ1n) is 13.4. The summed E-state index contributed by atoms with van der Waals surface area (Å²) in [6, 6.07) is 18.6. The van der Waals surface area contributed by atoms with E-state index in [0.29, 0.717) is 6.61 Å². The summed E-state index contributed by atoms with van der Waals surface area (Å²) in [5.74, 6) is -2.03. The van der Waals surface area contributed by atoms with E-state index in [4.69, 9.17) is 30.0 Å². The van der Waals surface area contributed by atoms with Crippen LogP contribution < -0.4 is 0 Å². The molecule has 0 fully saturated rings. The van der Waals surface area contributed by atoms with E-state index in [9.17, 15) is 23.1 Å². The summed E-state index contributed by atoms with van der Waals surface area (Å²) in [5.41, 5.74) is -0.589. The molecule has 0 saturated heterocycles. The molecule has 2 aromatic rings. The number of carboxylic acids is 1. The zero-order valence-electron chi connectivity index (χ0n) is 24.1. The Kier molecular flexibility index (Phi) is 13.7. The van der Waals surface area contributed by atoms with Crippen molar-refractivity contribution in [1.29, 1.82) is 0 Å². The second-order valence-corrected chi connectivity index (χ2v) is 13.1. The van der Waals surface area contributed by atoms with Gasteiger partial charge >= 0.3 is 11.9 Å². The molecule has 41 heavy (non-hydrogen) atoms. The van der Waals surface area contributed by atoms with Crippen LogP contribution in [-0.2, 0) is 51.3 Å². The van der Waals surface area contributed by atoms with Gasteiger partial charge in [0.25, 0.3) is 10.1 Å². The lowest BCUT2D eigenvalue weighted by Gasteiger charge is -2.38. The summed E-state index contributed by atoms with van der Waals surface area (Å²) in [7, 11) is -4.06. The van der Waals surface area contributed by atoms with Crippen LogP contribution in [0.3, 0.4) is 0 Å². The highest BCUT2D eigenvalue weighted by Gasteiger charge is 2.45. The van der Waals surface area contributed by atoms with Crippen LogP contribution in [0.2, 0.25) is 0 Å². The van der Waals surface area contributed by atoms with E-state index in [0.717, 1.165) is 11.1 Å². The van der Waals surface area contributed by atoms with E-state index in [1.807, 2.05) is 36.4 Å². The molecule has 0 amide bonds. The number of benzene rings is 2. The molecule has 0 saturated carbocycles. The summed E-state index contributed by atoms with van der Waals surface area (Å²) in [6.45, 7) is 6.72. The normalized spacial score (nSPS) is 13.9. The molecule has 0 aliphatic rings. The summed E-state index contributed by atoms with van der Waals surface area (Å²) < 4.78 is 47.9. The number of rotatable bonds is 19. The predicted octanol–water partition coefficient (Wildman–Crippen LogP) is 5.20. The van der Waals surface area contributed by atoms with Crippen LogP contribution in [0, 0.1) is 10.8 Å². The summed E-state index contributed by atoms with van der Waals surface area (Å²) in [4.78, 5) is 25.2. The van der Waals surface area contributed by atoms with Gasteiger partial charge in [0.05, 0.1) is 43.7 Å². The largest absolute Gasteiger partial charge is 0.479 e. The highest BCUT2D eigenvalue weighted by atomic mass is 35.5. The maximum Gasteiger partial charge on any atom is 0.333 e. The SMILES string of the molecule is CC(C)(COCc1ccccc1)C(=O)OCCC(OS(=O)(=O)CCCCl)C(C)(C)[C@@H](OCc1ccccc1)C(=O)O. The first-order valence-corrected chi connectivity index (χ1v) is 15.5. The van der Waals surface area contributed by atoms with Gasteiger partial charge in [-0.2, -0.15) is 8.42 Å². The molecule has 0 aliphatic heterocycles. The van der Waals surface area contributed by atoms with Crippen molar-refractivity contribution in [3.63, 3.8) is 0 Å². The molecular formula is C30H41ClO9S. The minimum absolute atomic E-state index is 0.000882. The number of carbonyl (C=O) groups excluding carboxylic acids is 1. The van der Waals surface area contributed by atoms with Crippen molar-refractivity contribution < 1.29 is 41.5 Å². The van der Waals surface area contributed by atoms with Gasteiger partial charge in [-0.1, -0.05) is 74.5 Å². The standard InChI is InChI=1S/C30H41ClO9S/c1-29(2,22-37-20-23-12-7-5-8-13-23)28(34)38-18-16-25(40-41(35,36)19-11-17-31)30(3,4)26(27(32)33)39-21-24-14-9-6-10-15-24/h5-10,12-15,25-26H,11,16-22H2,1-4H3,(H,32,33)/t25?,26-/m0/s1. The lowest BCUT2D eigenvalue weighted by Crippen LogP contribution is -2.49. The van der Waals surface area contributed by atoms with Crippen molar-refractivity contribution >= 4 is 33.7 Å². The third-order valence-electron chi connectivity index (χ3n) is 6.52. The fourth-order valence-corrected chi connectivity index (χ4v) is 5.62. The molecule has 0 aromatic heterocycles. The Morgan fingerprint density at radius 2 is 1.49 bits per heavy atom. The summed E-state index contributed by atoms with van der Waals surface area (Å²) >= 11 is 5.67. The molecule has 2 aromatic carbocycles. The first kappa shape index (κ1) is 34.7. The second-order valence-electron chi connectivity index (χ2n) is 11.0. The number of halogens is 1. The van der Waals surface area contributed by atoms with Gasteiger partial charge in [-0.3, -0.25) is 8.98 Å². The van der Waals surface area contributed by atoms with Crippen molar-refractivity contribution in [2.75, 3.05) is 24.8 Å². The van der Waals surface area contributed by atoms with Gasteiger partial charge in [0.15, 0.2) is 6.10 Å². The van der Waals surface area contributed by atoms with Crippen molar-refractivity contribution in [3.05, 3.63) is 71.8 Å². The molecule has 0 heterocycles. The topological polar surface area (TPSA) is 125 Å². The highest BCUT2D eigenvalue weighted by Crippen LogP contribution is 2.34. The molecule has 0 radical (unpaired) electrons. The van der Waals surface area contributed by atoms with Gasteiger partial charge in [0, 0.05) is 17.7 Å². The average Bonchev–Trinajstić information content (AvgIpc) is 2.92. The number of hydrogen-bond acceptors (Lipinski definition) is 8. The van der Waals surface area contributed by atoms with E-state index in [1.165, 1.54) is 0 Å². The molecule has 228 valence electrons. The molecule has 11 heteroatoms. The summed E-state index contributed by atoms with van der Waals surface area (Å²) in [5, 5.41) is 10.0. The van der Waals surface area contributed by atoms with Crippen LogP contribution in [0.4, 0.5) is 0 Å². The van der Waals surface area contributed by atoms with Crippen molar-refractivity contribution in [2.24, 2.45) is 10.8 Å². The molecule has 1 unspecified atom stereocenters. The Balaban J connectivity index is 2.10. The quantitative estimate of drug-likeness (QED) is 0.129. The van der Waals surface area contributed by atoms with E-state index >= 15 is 0 Å². The number of alkyl halides is 1. The number of carbonyl (C=O) groups is 2. The fourth-order valence-electron chi connectivity index (χ4n) is 4.04. The predicted molar refractivity (Wildman–Crippen MR) is 156 cm³/mol. The third kappa shape index (κ3) is 11.7. The van der Waals surface area contributed by atoms with E-state index in [2.05, 4.69) is 0 Å². The molecule has 0 aliphatic carbocycles. The number of aliphatic carboxylic acids is 1. The monoisotopic (exact) mass is 612 g/mol. The minimum atomic E-state index is -4.06. The number of esters is 1. The molecular weight excluding hydrogens is 572 g/mol. The molecule has 2 rings (SSSR count). The summed E-state index contributed by atoms with van der Waals surface area (Å²) in [6.07, 6.45) is -2.52. The van der Waals surface area contributed by atoms with Gasteiger partial charge < -0.3 is 19.3 Å². The molecule has 2 atom stereocenters. The zero-order chi connectivity index (χ0) is 30.5. The first-order chi connectivity index (χ1) is 19.3. The molecule has 9 nitrogen and oxygen atoms in total. The fraction of sp³-hybridized carbons (Fsp3) is 0.533. The van der Waals surface area contributed by atoms with Crippen molar-refractivity contribution in [1.82, 2.24) is 0 Å². The van der Waals surface area contributed by atoms with Crippen LogP contribution in [0.1, 0.15) is 51.7 Å². The van der Waals surface area contributed by atoms with E-state index in [-0.39, 0.29) is 44.3 Å². The van der Waals surface area contributed by atoms with Crippen molar-refractivity contribution in [3.8, 4) is 0 Å². The lowest BCUT2D eigenvalue weighted by atomic mass is 9.79. The Morgan fingerprint density at radius 1 is 0.927 bits per heavy atom. The maximum absolute atomic E-state index is 12.9. The Hall–Kier alpha value is -2.50. The van der Waals surface area contributed by atoms with Crippen LogP contribution in [0.15, 0.2) is 60.7 Å². The molecule has 0 spiro atoms. The van der Waals surface area contributed by atoms with Gasteiger partial charge in [0.2, 0.25) is 0 Å². The van der Waals surface area contributed by atoms with Crippen LogP contribution in [0.25, 0.3) is 0 Å². The average molecular weight is 613 g/mol. The Bertz CT molecular complexity index is 1180. The highest BCUT2D eigenvalue weighted by molar-refractivity contribution is 7.86. The number of ether oxygens (including phenoxy) is 3. The molecule has 1 N–H and O–H groups in total. The smallest absolute Gasteiger partial charge is 0.333 e. The third-order valence-corrected chi connectivity index (χ3v) is 8.10. The second kappa shape index (κ2) is 16.2. The van der Waals surface area contributed by atoms with Gasteiger partial charge in [-0.05, 0) is 31.4 Å². The maximum atomic E-state index is 12.9. The Morgan fingerprint density at radius 3 is 2.02 bits per heavy atom. The van der Waals surface area contributed by atoms with Crippen LogP contribution in [0.5, 0.6) is 0 Å². The van der Waals surface area contributed by atoms with Gasteiger partial charge in [0.1, 0.15) is 0 Å². The molecule has 0 bridgehead atoms. The number of hydrogen-bond donors (Lipinski definition) is 1. The van der Waals surface area contributed by atoms with Crippen LogP contribution in [-0.4, -0.2) is 62.5 Å². The number of carboxylic acid groups (broad SMARTS) is 1. The van der Waals surface area contributed by atoms with Crippen LogP contribution >= 0.6 is 11.6 Å². The minimum Gasteiger partial charge on any atom is -0.479 e.